The number of sulfone groups is 1. The molecule has 37 heavy (non-hydrogen) atoms. The summed E-state index contributed by atoms with van der Waals surface area (Å²) in [6.07, 6.45) is -3.38. The number of hydrogen-bond acceptors (Lipinski definition) is 5. The zero-order chi connectivity index (χ0) is 27.1. The second-order valence-electron chi connectivity index (χ2n) is 8.03. The smallest absolute Gasteiger partial charge is 0.416 e. The number of hydrogen-bond donors (Lipinski definition) is 3. The van der Waals surface area contributed by atoms with Gasteiger partial charge in [-0.15, -0.1) is 0 Å². The van der Waals surface area contributed by atoms with Gasteiger partial charge in [-0.25, -0.2) is 8.42 Å². The van der Waals surface area contributed by atoms with Crippen LogP contribution in [0.1, 0.15) is 11.1 Å². The van der Waals surface area contributed by atoms with Crippen LogP contribution < -0.4 is 10.5 Å². The van der Waals surface area contributed by atoms with Gasteiger partial charge in [-0.1, -0.05) is 23.2 Å². The van der Waals surface area contributed by atoms with E-state index in [4.69, 9.17) is 38.8 Å². The normalized spacial score (nSPS) is 13.0. The Bertz CT molecular complexity index is 1580. The lowest BCUT2D eigenvalue weighted by atomic mass is 10.1. The van der Waals surface area contributed by atoms with Crippen LogP contribution in [0.15, 0.2) is 70.6 Å². The number of nitrogens with two attached hydrogens (primary N) is 1. The Hall–Kier alpha value is -3.25. The maximum atomic E-state index is 13.2. The Morgan fingerprint density at radius 1 is 1.05 bits per heavy atom. The lowest BCUT2D eigenvalue weighted by molar-refractivity contribution is -0.139. The molecular weight excluding hydrogens is 556 g/mol. The van der Waals surface area contributed by atoms with E-state index in [2.05, 4.69) is 4.98 Å². The summed E-state index contributed by atoms with van der Waals surface area (Å²) in [5.41, 5.74) is 5.50. The van der Waals surface area contributed by atoms with E-state index in [1.807, 2.05) is 0 Å². The summed E-state index contributed by atoms with van der Waals surface area (Å²) in [5.74, 6) is -0.956. The maximum absolute atomic E-state index is 13.2. The number of aromatic nitrogens is 1. The first kappa shape index (κ1) is 26.8. The molecule has 0 unspecified atom stereocenters. The lowest BCUT2D eigenvalue weighted by Crippen LogP contribution is -2.32. The fourth-order valence-electron chi connectivity index (χ4n) is 3.60. The Morgan fingerprint density at radius 3 is 2.24 bits per heavy atom. The van der Waals surface area contributed by atoms with Crippen molar-refractivity contribution in [2.45, 2.75) is 28.4 Å². The van der Waals surface area contributed by atoms with E-state index in [-0.39, 0.29) is 43.1 Å². The molecule has 0 bridgehead atoms. The third-order valence-corrected chi connectivity index (χ3v) is 7.82. The molecule has 4 rings (SSSR count). The average Bonchev–Trinajstić information content (AvgIpc) is 3.25. The second-order valence-corrected chi connectivity index (χ2v) is 10.8. The van der Waals surface area contributed by atoms with Crippen molar-refractivity contribution in [2.75, 3.05) is 0 Å². The molecule has 0 aliphatic rings. The van der Waals surface area contributed by atoms with Gasteiger partial charge in [0.1, 0.15) is 11.8 Å². The Kier molecular flexibility index (Phi) is 7.17. The van der Waals surface area contributed by atoms with Gasteiger partial charge in [-0.05, 0) is 66.6 Å². The third-order valence-electron chi connectivity index (χ3n) is 5.45. The van der Waals surface area contributed by atoms with E-state index in [1.165, 1.54) is 30.5 Å². The number of fused-ring (bicyclic) bond motifs is 1. The van der Waals surface area contributed by atoms with Gasteiger partial charge in [0.2, 0.25) is 9.84 Å². The molecule has 3 aromatic carbocycles. The quantitative estimate of drug-likeness (QED) is 0.247. The van der Waals surface area contributed by atoms with E-state index in [9.17, 15) is 26.4 Å². The first-order valence-electron chi connectivity index (χ1n) is 10.4. The highest BCUT2D eigenvalue weighted by atomic mass is 35.5. The standard InChI is InChI=1S/C24H17Cl2F3N2O5S/c25-17-7-12(9-19(30)23(32)33)8-18(26)22(17)36-14-3-6-20-16(10-14)21(11-31-20)37(34,35)15-4-1-13(2-5-15)24(27,28)29/h1-8,10-11,19,31H,9,30H2,(H,32,33)/t19-/m0/s1. The molecule has 7 nitrogen and oxygen atoms in total. The van der Waals surface area contributed by atoms with E-state index >= 15 is 0 Å². The number of halogens is 5. The predicted octanol–water partition coefficient (Wildman–Crippen LogP) is 6.07. The van der Waals surface area contributed by atoms with Crippen molar-refractivity contribution in [2.24, 2.45) is 5.73 Å². The topological polar surface area (TPSA) is 122 Å². The number of carbonyl (C=O) groups is 1. The van der Waals surface area contributed by atoms with Crippen LogP contribution in [-0.2, 0) is 27.2 Å². The van der Waals surface area contributed by atoms with Crippen LogP contribution >= 0.6 is 23.2 Å². The number of nitrogens with one attached hydrogen (secondary N) is 1. The second kappa shape index (κ2) is 9.90. The third kappa shape index (κ3) is 5.54. The van der Waals surface area contributed by atoms with Crippen molar-refractivity contribution in [1.82, 2.24) is 4.98 Å². The summed E-state index contributed by atoms with van der Waals surface area (Å²) < 4.78 is 70.8. The molecular formula is C24H17Cl2F3N2O5S. The van der Waals surface area contributed by atoms with Crippen LogP contribution in [-0.4, -0.2) is 30.5 Å². The number of rotatable bonds is 7. The number of ether oxygens (including phenoxy) is 1. The number of aromatic amines is 1. The van der Waals surface area contributed by atoms with E-state index in [0.717, 1.165) is 12.1 Å². The van der Waals surface area contributed by atoms with Crippen LogP contribution in [0.3, 0.4) is 0 Å². The first-order chi connectivity index (χ1) is 17.3. The Balaban J connectivity index is 1.67. The van der Waals surface area contributed by atoms with Crippen molar-refractivity contribution in [3.63, 3.8) is 0 Å². The van der Waals surface area contributed by atoms with Crippen molar-refractivity contribution < 1.29 is 36.2 Å². The van der Waals surface area contributed by atoms with Gasteiger partial charge in [0, 0.05) is 17.1 Å². The van der Waals surface area contributed by atoms with Gasteiger partial charge in [-0.3, -0.25) is 4.79 Å². The van der Waals surface area contributed by atoms with Crippen LogP contribution in [0, 0.1) is 0 Å². The molecule has 0 aliphatic carbocycles. The first-order valence-corrected chi connectivity index (χ1v) is 12.7. The summed E-state index contributed by atoms with van der Waals surface area (Å²) in [6.45, 7) is 0. The zero-order valence-electron chi connectivity index (χ0n) is 18.5. The summed E-state index contributed by atoms with van der Waals surface area (Å²) in [5, 5.41) is 9.37. The van der Waals surface area contributed by atoms with Crippen LogP contribution in [0.2, 0.25) is 10.0 Å². The zero-order valence-corrected chi connectivity index (χ0v) is 20.8. The number of alkyl halides is 3. The van der Waals surface area contributed by atoms with Gasteiger partial charge < -0.3 is 20.6 Å². The van der Waals surface area contributed by atoms with Crippen LogP contribution in [0.25, 0.3) is 10.9 Å². The summed E-state index contributed by atoms with van der Waals surface area (Å²) in [7, 11) is -4.18. The molecule has 13 heteroatoms. The van der Waals surface area contributed by atoms with Crippen molar-refractivity contribution in [1.29, 1.82) is 0 Å². The highest BCUT2D eigenvalue weighted by Gasteiger charge is 2.31. The fourth-order valence-corrected chi connectivity index (χ4v) is 5.63. The SMILES string of the molecule is N[C@@H](Cc1cc(Cl)c(Oc2ccc3[nH]cc(S(=O)(=O)c4ccc(C(F)(F)F)cc4)c3c2)c(Cl)c1)C(=O)O. The minimum Gasteiger partial charge on any atom is -0.480 e. The molecule has 0 amide bonds. The van der Waals surface area contributed by atoms with E-state index < -0.39 is 33.6 Å². The molecule has 194 valence electrons. The predicted molar refractivity (Wildman–Crippen MR) is 131 cm³/mol. The summed E-state index contributed by atoms with van der Waals surface area (Å²) in [4.78, 5) is 13.4. The van der Waals surface area contributed by atoms with Gasteiger partial charge in [0.05, 0.1) is 25.4 Å². The van der Waals surface area contributed by atoms with Crippen molar-refractivity contribution in [3.05, 3.63) is 82.0 Å². The molecule has 1 heterocycles. The molecule has 0 radical (unpaired) electrons. The van der Waals surface area contributed by atoms with Gasteiger partial charge in [-0.2, -0.15) is 13.2 Å². The number of aliphatic carboxylic acids is 1. The molecule has 0 spiro atoms. The molecule has 0 fully saturated rings. The monoisotopic (exact) mass is 572 g/mol. The number of benzene rings is 3. The van der Waals surface area contributed by atoms with Crippen molar-refractivity contribution in [3.8, 4) is 11.5 Å². The van der Waals surface area contributed by atoms with Gasteiger partial charge in [0.25, 0.3) is 0 Å². The molecule has 1 atom stereocenters. The number of carboxylic acid groups (broad SMARTS) is 1. The molecule has 0 saturated heterocycles. The summed E-state index contributed by atoms with van der Waals surface area (Å²) in [6, 6.07) is 9.47. The van der Waals surface area contributed by atoms with Crippen molar-refractivity contribution >= 4 is 49.9 Å². The Morgan fingerprint density at radius 2 is 1.68 bits per heavy atom. The molecule has 0 aliphatic heterocycles. The number of H-pyrrole nitrogens is 1. The highest BCUT2D eigenvalue weighted by Crippen LogP contribution is 2.39. The molecule has 4 aromatic rings. The fraction of sp³-hybridized carbons (Fsp3) is 0.125. The van der Waals surface area contributed by atoms with Crippen LogP contribution in [0.4, 0.5) is 13.2 Å². The number of carboxylic acids is 1. The molecule has 4 N–H and O–H groups in total. The largest absolute Gasteiger partial charge is 0.480 e. The average molecular weight is 573 g/mol. The minimum absolute atomic E-state index is 0.0183. The van der Waals surface area contributed by atoms with Gasteiger partial charge in [0.15, 0.2) is 5.75 Å². The summed E-state index contributed by atoms with van der Waals surface area (Å²) >= 11 is 12.6. The lowest BCUT2D eigenvalue weighted by Gasteiger charge is -2.13. The molecule has 1 aromatic heterocycles. The molecule has 0 saturated carbocycles. The van der Waals surface area contributed by atoms with E-state index in [0.29, 0.717) is 23.2 Å². The highest BCUT2D eigenvalue weighted by molar-refractivity contribution is 7.91. The van der Waals surface area contributed by atoms with Crippen LogP contribution in [0.5, 0.6) is 11.5 Å². The Labute approximate surface area is 218 Å². The van der Waals surface area contributed by atoms with Gasteiger partial charge >= 0.3 is 12.1 Å². The maximum Gasteiger partial charge on any atom is 0.416 e. The van der Waals surface area contributed by atoms with E-state index in [1.54, 1.807) is 6.07 Å². The minimum atomic E-state index is -4.60.